The van der Waals surface area contributed by atoms with Crippen molar-refractivity contribution < 1.29 is 21.6 Å². The molecule has 0 spiro atoms. The van der Waals surface area contributed by atoms with E-state index in [1.807, 2.05) is 13.0 Å². The van der Waals surface area contributed by atoms with Gasteiger partial charge in [-0.25, -0.2) is 8.42 Å². The van der Waals surface area contributed by atoms with Gasteiger partial charge in [0.1, 0.15) is 0 Å². The lowest BCUT2D eigenvalue weighted by Gasteiger charge is -2.30. The van der Waals surface area contributed by atoms with Gasteiger partial charge in [0.2, 0.25) is 0 Å². The zero-order chi connectivity index (χ0) is 21.8. The monoisotopic (exact) mass is 574 g/mol. The molecule has 2 N–H and O–H groups in total. The second-order valence-corrected chi connectivity index (χ2v) is 9.84. The fraction of sp³-hybridized carbons (Fsp3) is 0.650. The molecule has 2 aliphatic rings. The molecule has 1 saturated carbocycles. The Morgan fingerprint density at radius 1 is 1.16 bits per heavy atom. The van der Waals surface area contributed by atoms with E-state index in [1.165, 1.54) is 5.56 Å². The first-order chi connectivity index (χ1) is 14.2. The number of alkyl halides is 3. The summed E-state index contributed by atoms with van der Waals surface area (Å²) in [6.45, 7) is 3.72. The molecule has 11 heteroatoms. The lowest BCUT2D eigenvalue weighted by atomic mass is 9.98. The van der Waals surface area contributed by atoms with Crippen LogP contribution in [0.25, 0.3) is 0 Å². The third kappa shape index (κ3) is 6.95. The molecule has 2 unspecified atom stereocenters. The van der Waals surface area contributed by atoms with E-state index < -0.39 is 15.5 Å². The lowest BCUT2D eigenvalue weighted by Crippen LogP contribution is -2.45. The summed E-state index contributed by atoms with van der Waals surface area (Å²) in [4.78, 5) is 4.57. The van der Waals surface area contributed by atoms with Crippen LogP contribution in [0.3, 0.4) is 0 Å². The van der Waals surface area contributed by atoms with Crippen molar-refractivity contribution in [3.05, 3.63) is 35.9 Å². The van der Waals surface area contributed by atoms with Crippen molar-refractivity contribution in [1.82, 2.24) is 14.9 Å². The minimum Gasteiger partial charge on any atom is -0.357 e. The summed E-state index contributed by atoms with van der Waals surface area (Å²) < 4.78 is 61.6. The Hall–Kier alpha value is -1.08. The van der Waals surface area contributed by atoms with Crippen LogP contribution >= 0.6 is 24.0 Å². The third-order valence-electron chi connectivity index (χ3n) is 5.74. The van der Waals surface area contributed by atoms with E-state index in [2.05, 4.69) is 39.9 Å². The van der Waals surface area contributed by atoms with Gasteiger partial charge < -0.3 is 10.6 Å². The molecule has 1 aromatic rings. The Balaban J connectivity index is 0.00000341. The number of hydrogen-bond donors (Lipinski definition) is 2. The molecule has 6 nitrogen and oxygen atoms in total. The highest BCUT2D eigenvalue weighted by Gasteiger charge is 2.50. The molecule has 1 heterocycles. The van der Waals surface area contributed by atoms with Gasteiger partial charge in [-0.3, -0.25) is 4.99 Å². The number of rotatable bonds is 7. The number of benzene rings is 1. The second-order valence-electron chi connectivity index (χ2n) is 7.91. The Morgan fingerprint density at radius 2 is 1.81 bits per heavy atom. The number of hydrogen-bond acceptors (Lipinski definition) is 3. The van der Waals surface area contributed by atoms with Gasteiger partial charge in [0.15, 0.2) is 5.96 Å². The maximum atomic E-state index is 12.7. The first kappa shape index (κ1) is 26.2. The van der Waals surface area contributed by atoms with Crippen molar-refractivity contribution in [3.8, 4) is 0 Å². The van der Waals surface area contributed by atoms with Crippen molar-refractivity contribution in [2.45, 2.75) is 37.6 Å². The summed E-state index contributed by atoms with van der Waals surface area (Å²) >= 11 is 0. The van der Waals surface area contributed by atoms with Crippen LogP contribution in [0.15, 0.2) is 35.3 Å². The average Bonchev–Trinajstić information content (AvgIpc) is 3.50. The van der Waals surface area contributed by atoms with E-state index in [4.69, 9.17) is 0 Å². The van der Waals surface area contributed by atoms with Gasteiger partial charge in [0.05, 0.1) is 0 Å². The van der Waals surface area contributed by atoms with Crippen LogP contribution in [0.4, 0.5) is 13.2 Å². The predicted octanol–water partition coefficient (Wildman–Crippen LogP) is 3.52. The molecule has 0 amide bonds. The summed E-state index contributed by atoms with van der Waals surface area (Å²) in [6, 6.07) is 10.4. The normalized spacial score (nSPS) is 23.2. The number of nitrogens with zero attached hydrogens (tertiary/aromatic N) is 2. The molecule has 1 saturated heterocycles. The van der Waals surface area contributed by atoms with Crippen LogP contribution in [0.5, 0.6) is 0 Å². The number of aliphatic imine (C=N–C) groups is 1. The van der Waals surface area contributed by atoms with Crippen molar-refractivity contribution in [1.29, 1.82) is 0 Å². The molecule has 176 valence electrons. The van der Waals surface area contributed by atoms with Crippen LogP contribution in [0, 0.1) is 11.8 Å². The van der Waals surface area contributed by atoms with Gasteiger partial charge in [-0.05, 0) is 49.5 Å². The average molecular weight is 574 g/mol. The van der Waals surface area contributed by atoms with E-state index >= 15 is 0 Å². The number of piperidine rings is 1. The summed E-state index contributed by atoms with van der Waals surface area (Å²) in [5.41, 5.74) is -3.88. The molecule has 1 aromatic carbocycles. The molecule has 2 atom stereocenters. The van der Waals surface area contributed by atoms with Gasteiger partial charge in [-0.1, -0.05) is 30.3 Å². The maximum Gasteiger partial charge on any atom is 0.511 e. The topological polar surface area (TPSA) is 73.8 Å². The molecule has 3 rings (SSSR count). The zero-order valence-corrected chi connectivity index (χ0v) is 20.6. The first-order valence-electron chi connectivity index (χ1n) is 10.4. The predicted molar refractivity (Wildman–Crippen MR) is 126 cm³/mol. The summed E-state index contributed by atoms with van der Waals surface area (Å²) in [5, 5.41) is 6.56. The van der Waals surface area contributed by atoms with Crippen molar-refractivity contribution >= 4 is 40.0 Å². The highest BCUT2D eigenvalue weighted by Crippen LogP contribution is 2.46. The summed E-state index contributed by atoms with van der Waals surface area (Å²) in [5.74, 6) is 1.90. The maximum absolute atomic E-state index is 12.7. The van der Waals surface area contributed by atoms with E-state index in [1.54, 1.807) is 0 Å². The Bertz CT molecular complexity index is 829. The molecular weight excluding hydrogens is 544 g/mol. The fourth-order valence-corrected chi connectivity index (χ4v) is 4.83. The quantitative estimate of drug-likeness (QED) is 0.297. The number of guanidine groups is 1. The fourth-order valence-electron chi connectivity index (χ4n) is 3.85. The summed E-state index contributed by atoms with van der Waals surface area (Å²) in [6.07, 6.45) is 1.89. The minimum absolute atomic E-state index is 0. The lowest BCUT2D eigenvalue weighted by molar-refractivity contribution is -0.0496. The highest BCUT2D eigenvalue weighted by atomic mass is 127. The van der Waals surface area contributed by atoms with Gasteiger partial charge >= 0.3 is 15.5 Å². The van der Waals surface area contributed by atoms with Gasteiger partial charge in [0.25, 0.3) is 0 Å². The van der Waals surface area contributed by atoms with Crippen LogP contribution < -0.4 is 10.6 Å². The van der Waals surface area contributed by atoms with Gasteiger partial charge in [-0.15, -0.1) is 24.0 Å². The molecule has 31 heavy (non-hydrogen) atoms. The molecular formula is C20H30F3IN4O2S. The van der Waals surface area contributed by atoms with Gasteiger partial charge in [0, 0.05) is 32.7 Å². The van der Waals surface area contributed by atoms with E-state index in [-0.39, 0.29) is 43.0 Å². The number of nitrogens with one attached hydrogen (secondary N) is 2. The Kier molecular flexibility index (Phi) is 9.43. The Morgan fingerprint density at radius 3 is 2.39 bits per heavy atom. The molecule has 0 bridgehead atoms. The SMILES string of the molecule is CCNC(=NCC1CCN(S(=O)(=O)C(F)(F)F)CC1)NCC1CC1c1ccccc1.I. The molecule has 0 aromatic heterocycles. The number of halogens is 4. The van der Waals surface area contributed by atoms with Gasteiger partial charge in [-0.2, -0.15) is 17.5 Å². The molecule has 1 aliphatic carbocycles. The molecule has 2 fully saturated rings. The van der Waals surface area contributed by atoms with Crippen molar-refractivity contribution in [2.75, 3.05) is 32.7 Å². The first-order valence-corrected chi connectivity index (χ1v) is 11.8. The minimum atomic E-state index is -5.24. The number of sulfonamides is 1. The van der Waals surface area contributed by atoms with Crippen LogP contribution in [-0.4, -0.2) is 56.9 Å². The molecule has 0 radical (unpaired) electrons. The van der Waals surface area contributed by atoms with Crippen molar-refractivity contribution in [2.24, 2.45) is 16.8 Å². The zero-order valence-electron chi connectivity index (χ0n) is 17.4. The van der Waals surface area contributed by atoms with Crippen LogP contribution in [0.1, 0.15) is 37.7 Å². The van der Waals surface area contributed by atoms with Crippen LogP contribution in [-0.2, 0) is 10.0 Å². The van der Waals surface area contributed by atoms with E-state index in [0.29, 0.717) is 48.0 Å². The van der Waals surface area contributed by atoms with E-state index in [9.17, 15) is 21.6 Å². The Labute approximate surface area is 199 Å². The summed E-state index contributed by atoms with van der Waals surface area (Å²) in [7, 11) is -5.23. The third-order valence-corrected chi connectivity index (χ3v) is 7.37. The van der Waals surface area contributed by atoms with Crippen LogP contribution in [0.2, 0.25) is 0 Å². The van der Waals surface area contributed by atoms with E-state index in [0.717, 1.165) is 13.0 Å². The largest absolute Gasteiger partial charge is 0.511 e. The van der Waals surface area contributed by atoms with Crippen molar-refractivity contribution in [3.63, 3.8) is 0 Å². The molecule has 1 aliphatic heterocycles. The smallest absolute Gasteiger partial charge is 0.357 e. The standard InChI is InChI=1S/C20H29F3N4O2S.HI/c1-2-24-19(26-14-17-12-18(17)16-6-4-3-5-7-16)25-13-15-8-10-27(11-9-15)30(28,29)20(21,22)23;/h3-7,15,17-18H,2,8-14H2,1H3,(H2,24,25,26);1H. The second kappa shape index (κ2) is 11.2. The highest BCUT2D eigenvalue weighted by molar-refractivity contribution is 14.0.